The predicted molar refractivity (Wildman–Crippen MR) is 84.8 cm³/mol. The quantitative estimate of drug-likeness (QED) is 0.739. The minimum absolute atomic E-state index is 0.0478. The Labute approximate surface area is 133 Å². The summed E-state index contributed by atoms with van der Waals surface area (Å²) in [6.45, 7) is 6.17. The zero-order chi connectivity index (χ0) is 16.0. The lowest BCUT2D eigenvalue weighted by Crippen LogP contribution is -2.15. The summed E-state index contributed by atoms with van der Waals surface area (Å²) in [7, 11) is 0. The number of hydrogen-bond donors (Lipinski definition) is 1. The monoisotopic (exact) mass is 356 g/mol. The average molecular weight is 357 g/mol. The zero-order valence-electron chi connectivity index (χ0n) is 12.6. The second-order valence-corrected chi connectivity index (χ2v) is 6.11. The standard InChI is InChI=1S/C16H21BrO4/c1-4-21-16(20)12-8-9-13(17)11(14(12)15(18)19)7-5-6-10(2)3/h8-10H,4-7H2,1-3H3,(H,18,19). The van der Waals surface area contributed by atoms with Gasteiger partial charge in [0, 0.05) is 4.47 Å². The first-order valence-electron chi connectivity index (χ1n) is 7.10. The van der Waals surface area contributed by atoms with Crippen molar-refractivity contribution in [1.82, 2.24) is 0 Å². The van der Waals surface area contributed by atoms with E-state index in [0.29, 0.717) is 17.9 Å². The SMILES string of the molecule is CCOC(=O)c1ccc(Br)c(CCCC(C)C)c1C(=O)O. The van der Waals surface area contributed by atoms with Crippen LogP contribution in [0.2, 0.25) is 0 Å². The van der Waals surface area contributed by atoms with Gasteiger partial charge in [0.15, 0.2) is 0 Å². The summed E-state index contributed by atoms with van der Waals surface area (Å²) in [5.41, 5.74) is 0.826. The van der Waals surface area contributed by atoms with Gasteiger partial charge in [-0.25, -0.2) is 9.59 Å². The number of rotatable bonds is 7. The molecule has 21 heavy (non-hydrogen) atoms. The molecule has 0 atom stereocenters. The molecule has 0 aliphatic rings. The first kappa shape index (κ1) is 17.7. The lowest BCUT2D eigenvalue weighted by molar-refractivity contribution is 0.0514. The van der Waals surface area contributed by atoms with Gasteiger partial charge in [0.1, 0.15) is 0 Å². The fourth-order valence-corrected chi connectivity index (χ4v) is 2.71. The third-order valence-corrected chi connectivity index (χ3v) is 3.92. The molecule has 0 heterocycles. The van der Waals surface area contributed by atoms with E-state index >= 15 is 0 Å². The van der Waals surface area contributed by atoms with Crippen LogP contribution in [0, 0.1) is 5.92 Å². The van der Waals surface area contributed by atoms with Crippen LogP contribution in [0.1, 0.15) is 59.9 Å². The summed E-state index contributed by atoms with van der Waals surface area (Å²) in [4.78, 5) is 23.5. The van der Waals surface area contributed by atoms with Crippen LogP contribution in [-0.2, 0) is 11.2 Å². The maximum atomic E-state index is 11.9. The Morgan fingerprint density at radius 3 is 2.52 bits per heavy atom. The highest BCUT2D eigenvalue weighted by Crippen LogP contribution is 2.27. The number of ether oxygens (including phenoxy) is 1. The molecule has 0 bridgehead atoms. The molecule has 0 fully saturated rings. The summed E-state index contributed by atoms with van der Waals surface area (Å²) in [6, 6.07) is 3.21. The molecule has 0 aromatic heterocycles. The van der Waals surface area contributed by atoms with E-state index < -0.39 is 11.9 Å². The van der Waals surface area contributed by atoms with Crippen molar-refractivity contribution in [2.45, 2.75) is 40.0 Å². The largest absolute Gasteiger partial charge is 0.478 e. The van der Waals surface area contributed by atoms with Crippen molar-refractivity contribution in [3.8, 4) is 0 Å². The highest BCUT2D eigenvalue weighted by molar-refractivity contribution is 9.10. The van der Waals surface area contributed by atoms with Crippen molar-refractivity contribution in [3.63, 3.8) is 0 Å². The Bertz CT molecular complexity index is 523. The third kappa shape index (κ3) is 4.84. The van der Waals surface area contributed by atoms with E-state index in [0.717, 1.165) is 17.3 Å². The summed E-state index contributed by atoms with van der Waals surface area (Å²) in [5, 5.41) is 9.47. The van der Waals surface area contributed by atoms with Crippen molar-refractivity contribution >= 4 is 27.9 Å². The van der Waals surface area contributed by atoms with Crippen molar-refractivity contribution < 1.29 is 19.4 Å². The molecule has 1 aromatic carbocycles. The smallest absolute Gasteiger partial charge is 0.339 e. The van der Waals surface area contributed by atoms with Gasteiger partial charge in [-0.05, 0) is 43.4 Å². The predicted octanol–water partition coefficient (Wildman–Crippen LogP) is 4.30. The molecule has 0 aliphatic heterocycles. The van der Waals surface area contributed by atoms with Crippen LogP contribution in [0.3, 0.4) is 0 Å². The van der Waals surface area contributed by atoms with E-state index in [1.807, 2.05) is 0 Å². The maximum absolute atomic E-state index is 11.9. The highest BCUT2D eigenvalue weighted by atomic mass is 79.9. The van der Waals surface area contributed by atoms with E-state index in [4.69, 9.17) is 4.74 Å². The number of hydrogen-bond acceptors (Lipinski definition) is 3. The maximum Gasteiger partial charge on any atom is 0.339 e. The van der Waals surface area contributed by atoms with Crippen LogP contribution in [-0.4, -0.2) is 23.7 Å². The number of aromatic carboxylic acids is 1. The van der Waals surface area contributed by atoms with Gasteiger partial charge in [-0.2, -0.15) is 0 Å². The van der Waals surface area contributed by atoms with E-state index in [-0.39, 0.29) is 17.7 Å². The van der Waals surface area contributed by atoms with Crippen LogP contribution >= 0.6 is 15.9 Å². The molecule has 0 radical (unpaired) electrons. The highest BCUT2D eigenvalue weighted by Gasteiger charge is 2.23. The first-order valence-corrected chi connectivity index (χ1v) is 7.89. The number of esters is 1. The van der Waals surface area contributed by atoms with Crippen molar-refractivity contribution in [1.29, 1.82) is 0 Å². The zero-order valence-corrected chi connectivity index (χ0v) is 14.2. The van der Waals surface area contributed by atoms with E-state index in [2.05, 4.69) is 29.8 Å². The van der Waals surface area contributed by atoms with Crippen molar-refractivity contribution in [2.75, 3.05) is 6.61 Å². The molecule has 116 valence electrons. The molecule has 1 aromatic rings. The molecule has 0 saturated carbocycles. The van der Waals surface area contributed by atoms with E-state index in [9.17, 15) is 14.7 Å². The number of carboxylic acids is 1. The fraction of sp³-hybridized carbons (Fsp3) is 0.500. The number of carbonyl (C=O) groups excluding carboxylic acids is 1. The topological polar surface area (TPSA) is 63.6 Å². The summed E-state index contributed by atoms with van der Waals surface area (Å²) in [5.74, 6) is -1.13. The molecule has 0 spiro atoms. The van der Waals surface area contributed by atoms with Gasteiger partial charge in [0.25, 0.3) is 0 Å². The molecule has 0 saturated heterocycles. The number of carbonyl (C=O) groups is 2. The van der Waals surface area contributed by atoms with Crippen LogP contribution in [0.4, 0.5) is 0 Å². The Morgan fingerprint density at radius 1 is 1.33 bits per heavy atom. The summed E-state index contributed by atoms with van der Waals surface area (Å²) in [6.07, 6.45) is 2.51. The normalized spacial score (nSPS) is 10.7. The molecule has 0 aliphatic carbocycles. The molecular weight excluding hydrogens is 336 g/mol. The van der Waals surface area contributed by atoms with E-state index in [1.54, 1.807) is 13.0 Å². The second kappa shape index (κ2) is 8.17. The van der Waals surface area contributed by atoms with Gasteiger partial charge in [-0.1, -0.05) is 36.2 Å². The molecule has 5 heteroatoms. The van der Waals surface area contributed by atoms with Crippen LogP contribution < -0.4 is 0 Å². The van der Waals surface area contributed by atoms with Crippen LogP contribution in [0.5, 0.6) is 0 Å². The Morgan fingerprint density at radius 2 is 2.00 bits per heavy atom. The van der Waals surface area contributed by atoms with Crippen molar-refractivity contribution in [2.24, 2.45) is 5.92 Å². The average Bonchev–Trinajstić information content (AvgIpc) is 2.39. The fourth-order valence-electron chi connectivity index (χ4n) is 2.18. The summed E-state index contributed by atoms with van der Waals surface area (Å²) >= 11 is 3.39. The van der Waals surface area contributed by atoms with Gasteiger partial charge in [0.2, 0.25) is 0 Å². The van der Waals surface area contributed by atoms with E-state index in [1.165, 1.54) is 6.07 Å². The first-order chi connectivity index (χ1) is 9.88. The van der Waals surface area contributed by atoms with Gasteiger partial charge in [0.05, 0.1) is 17.7 Å². The third-order valence-electron chi connectivity index (χ3n) is 3.17. The lowest BCUT2D eigenvalue weighted by atomic mass is 9.95. The number of benzene rings is 1. The van der Waals surface area contributed by atoms with Crippen LogP contribution in [0.25, 0.3) is 0 Å². The summed E-state index contributed by atoms with van der Waals surface area (Å²) < 4.78 is 5.66. The Balaban J connectivity index is 3.17. The Kier molecular flexibility index (Phi) is 6.89. The van der Waals surface area contributed by atoms with Gasteiger partial charge < -0.3 is 9.84 Å². The van der Waals surface area contributed by atoms with Gasteiger partial charge in [-0.3, -0.25) is 0 Å². The molecule has 4 nitrogen and oxygen atoms in total. The molecule has 0 amide bonds. The minimum atomic E-state index is -1.10. The van der Waals surface area contributed by atoms with Crippen molar-refractivity contribution in [3.05, 3.63) is 33.3 Å². The number of carboxylic acid groups (broad SMARTS) is 1. The lowest BCUT2D eigenvalue weighted by Gasteiger charge is -2.13. The Hall–Kier alpha value is -1.36. The molecule has 1 rings (SSSR count). The van der Waals surface area contributed by atoms with Gasteiger partial charge >= 0.3 is 11.9 Å². The molecule has 1 N–H and O–H groups in total. The second-order valence-electron chi connectivity index (χ2n) is 5.26. The minimum Gasteiger partial charge on any atom is -0.478 e. The van der Waals surface area contributed by atoms with Crippen LogP contribution in [0.15, 0.2) is 16.6 Å². The molecule has 0 unspecified atom stereocenters. The number of halogens is 1. The molecular formula is C16H21BrO4. The van der Waals surface area contributed by atoms with Gasteiger partial charge in [-0.15, -0.1) is 0 Å².